The molecule has 2 aliphatic rings. The molecule has 1 heterocycles. The maximum Gasteiger partial charge on any atom is 0.226 e. The van der Waals surface area contributed by atoms with E-state index in [1.54, 1.807) is 7.11 Å². The quantitative estimate of drug-likeness (QED) is 0.776. The van der Waals surface area contributed by atoms with Gasteiger partial charge < -0.3 is 15.0 Å². The van der Waals surface area contributed by atoms with Crippen LogP contribution in [0.2, 0.25) is 0 Å². The summed E-state index contributed by atoms with van der Waals surface area (Å²) in [7, 11) is 1.64. The molecule has 5 nitrogen and oxygen atoms in total. The first-order valence-electron chi connectivity index (χ1n) is 9.79. The Morgan fingerprint density at radius 1 is 1.31 bits per heavy atom. The number of hydrogen-bond donors (Lipinski definition) is 1. The number of ether oxygens (including phenoxy) is 1. The predicted octanol–water partition coefficient (Wildman–Crippen LogP) is 3.30. The van der Waals surface area contributed by atoms with Crippen molar-refractivity contribution in [2.75, 3.05) is 13.7 Å². The first kappa shape index (κ1) is 18.7. The topological polar surface area (TPSA) is 58.6 Å². The molecule has 5 heteroatoms. The fraction of sp³-hybridized carbons (Fsp3) is 0.619. The highest BCUT2D eigenvalue weighted by Crippen LogP contribution is 2.40. The van der Waals surface area contributed by atoms with Gasteiger partial charge in [-0.05, 0) is 49.8 Å². The Labute approximate surface area is 156 Å². The van der Waals surface area contributed by atoms with E-state index in [0.29, 0.717) is 18.9 Å². The third-order valence-electron chi connectivity index (χ3n) is 5.68. The van der Waals surface area contributed by atoms with E-state index in [4.69, 9.17) is 4.74 Å². The highest BCUT2D eigenvalue weighted by Gasteiger charge is 2.44. The number of unbranched alkanes of at least 4 members (excludes halogenated alkanes) is 1. The van der Waals surface area contributed by atoms with Crippen molar-refractivity contribution in [3.63, 3.8) is 0 Å². The molecule has 3 rings (SSSR count). The zero-order valence-electron chi connectivity index (χ0n) is 16.0. The largest absolute Gasteiger partial charge is 0.497 e. The number of carbonyl (C=O) groups is 2. The summed E-state index contributed by atoms with van der Waals surface area (Å²) in [5, 5.41) is 3.16. The molecule has 142 valence electrons. The van der Waals surface area contributed by atoms with Crippen LogP contribution in [0, 0.1) is 11.8 Å². The minimum Gasteiger partial charge on any atom is -0.497 e. The van der Waals surface area contributed by atoms with Gasteiger partial charge in [0, 0.05) is 19.0 Å². The van der Waals surface area contributed by atoms with Crippen molar-refractivity contribution in [2.24, 2.45) is 11.8 Å². The van der Waals surface area contributed by atoms with Gasteiger partial charge in [-0.2, -0.15) is 0 Å². The number of nitrogens with one attached hydrogen (secondary N) is 1. The molecule has 0 bridgehead atoms. The van der Waals surface area contributed by atoms with Crippen molar-refractivity contribution >= 4 is 11.8 Å². The first-order valence-corrected chi connectivity index (χ1v) is 9.79. The first-order chi connectivity index (χ1) is 12.5. The van der Waals surface area contributed by atoms with Crippen molar-refractivity contribution in [3.8, 4) is 5.75 Å². The maximum absolute atomic E-state index is 12.9. The SMILES string of the molecule is CCCCN1C(=O)CC(C(=O)NC(C)C2CC2)C1c1ccc(OC)cc1. The van der Waals surface area contributed by atoms with Gasteiger partial charge in [0.1, 0.15) is 5.75 Å². The summed E-state index contributed by atoms with van der Waals surface area (Å²) in [5.74, 6) is 1.15. The Bertz CT molecular complexity index is 639. The summed E-state index contributed by atoms with van der Waals surface area (Å²) < 4.78 is 5.25. The number of amides is 2. The highest BCUT2D eigenvalue weighted by molar-refractivity contribution is 5.90. The van der Waals surface area contributed by atoms with E-state index in [9.17, 15) is 9.59 Å². The number of likely N-dealkylation sites (tertiary alicyclic amines) is 1. The van der Waals surface area contributed by atoms with Crippen LogP contribution < -0.4 is 10.1 Å². The molecular formula is C21H30N2O3. The molecule has 1 saturated heterocycles. The second kappa shape index (κ2) is 8.11. The van der Waals surface area contributed by atoms with Crippen LogP contribution in [-0.4, -0.2) is 36.4 Å². The highest BCUT2D eigenvalue weighted by atomic mass is 16.5. The Hall–Kier alpha value is -2.04. The zero-order chi connectivity index (χ0) is 18.7. The van der Waals surface area contributed by atoms with Crippen LogP contribution in [0.3, 0.4) is 0 Å². The van der Waals surface area contributed by atoms with E-state index in [0.717, 1.165) is 24.2 Å². The van der Waals surface area contributed by atoms with Gasteiger partial charge in [-0.15, -0.1) is 0 Å². The van der Waals surface area contributed by atoms with Gasteiger partial charge >= 0.3 is 0 Å². The Morgan fingerprint density at radius 3 is 2.58 bits per heavy atom. The number of methoxy groups -OCH3 is 1. The number of benzene rings is 1. The van der Waals surface area contributed by atoms with Crippen molar-refractivity contribution in [2.45, 2.75) is 58.0 Å². The number of hydrogen-bond acceptors (Lipinski definition) is 3. The Balaban J connectivity index is 1.82. The molecule has 0 aromatic heterocycles. The monoisotopic (exact) mass is 358 g/mol. The molecule has 1 N–H and O–H groups in total. The van der Waals surface area contributed by atoms with E-state index < -0.39 is 0 Å². The normalized spacial score (nSPS) is 23.8. The van der Waals surface area contributed by atoms with Gasteiger partial charge in [0.05, 0.1) is 19.1 Å². The summed E-state index contributed by atoms with van der Waals surface area (Å²) >= 11 is 0. The molecule has 0 spiro atoms. The Kier molecular flexibility index (Phi) is 5.84. The fourth-order valence-electron chi connectivity index (χ4n) is 3.88. The third-order valence-corrected chi connectivity index (χ3v) is 5.68. The van der Waals surface area contributed by atoms with Crippen LogP contribution in [0.25, 0.3) is 0 Å². The summed E-state index contributed by atoms with van der Waals surface area (Å²) in [6, 6.07) is 7.76. The van der Waals surface area contributed by atoms with E-state index in [2.05, 4.69) is 19.2 Å². The van der Waals surface area contributed by atoms with Gasteiger partial charge in [0.2, 0.25) is 11.8 Å². The molecule has 2 fully saturated rings. The van der Waals surface area contributed by atoms with Crippen LogP contribution in [0.5, 0.6) is 5.75 Å². The molecule has 26 heavy (non-hydrogen) atoms. The molecule has 3 unspecified atom stereocenters. The smallest absolute Gasteiger partial charge is 0.226 e. The maximum atomic E-state index is 12.9. The molecule has 1 aliphatic carbocycles. The molecular weight excluding hydrogens is 328 g/mol. The molecule has 3 atom stereocenters. The van der Waals surface area contributed by atoms with Gasteiger partial charge in [-0.1, -0.05) is 25.5 Å². The lowest BCUT2D eigenvalue weighted by Gasteiger charge is -2.29. The summed E-state index contributed by atoms with van der Waals surface area (Å²) in [6.07, 6.45) is 4.65. The van der Waals surface area contributed by atoms with Crippen LogP contribution in [0.1, 0.15) is 57.6 Å². The van der Waals surface area contributed by atoms with Crippen molar-refractivity contribution in [1.29, 1.82) is 0 Å². The minimum atomic E-state index is -0.325. The van der Waals surface area contributed by atoms with Gasteiger partial charge in [-0.3, -0.25) is 9.59 Å². The van der Waals surface area contributed by atoms with Crippen molar-refractivity contribution < 1.29 is 14.3 Å². The minimum absolute atomic E-state index is 0.0116. The molecule has 0 radical (unpaired) electrons. The zero-order valence-corrected chi connectivity index (χ0v) is 16.0. The van der Waals surface area contributed by atoms with E-state index in [1.807, 2.05) is 29.2 Å². The van der Waals surface area contributed by atoms with Crippen LogP contribution in [-0.2, 0) is 9.59 Å². The standard InChI is InChI=1S/C21H30N2O3/c1-4-5-12-23-19(24)13-18(21(25)22-14(2)15-6-7-15)20(23)16-8-10-17(26-3)11-9-16/h8-11,14-15,18,20H,4-7,12-13H2,1-3H3,(H,22,25). The van der Waals surface area contributed by atoms with E-state index in [-0.39, 0.29) is 29.8 Å². The summed E-state index contributed by atoms with van der Waals surface area (Å²) in [5.41, 5.74) is 1.01. The lowest BCUT2D eigenvalue weighted by Crippen LogP contribution is -2.40. The van der Waals surface area contributed by atoms with Gasteiger partial charge in [0.15, 0.2) is 0 Å². The van der Waals surface area contributed by atoms with E-state index in [1.165, 1.54) is 12.8 Å². The summed E-state index contributed by atoms with van der Waals surface area (Å²) in [4.78, 5) is 27.5. The number of carbonyl (C=O) groups excluding carboxylic acids is 2. The predicted molar refractivity (Wildman–Crippen MR) is 101 cm³/mol. The molecule has 2 amide bonds. The lowest BCUT2D eigenvalue weighted by molar-refractivity contribution is -0.129. The molecule has 1 aromatic rings. The van der Waals surface area contributed by atoms with Crippen molar-refractivity contribution in [3.05, 3.63) is 29.8 Å². The molecule has 1 aromatic carbocycles. The van der Waals surface area contributed by atoms with Gasteiger partial charge in [-0.25, -0.2) is 0 Å². The van der Waals surface area contributed by atoms with E-state index >= 15 is 0 Å². The van der Waals surface area contributed by atoms with Crippen molar-refractivity contribution in [1.82, 2.24) is 10.2 Å². The molecule has 1 saturated carbocycles. The second-order valence-corrected chi connectivity index (χ2v) is 7.60. The number of rotatable bonds is 8. The fourth-order valence-corrected chi connectivity index (χ4v) is 3.88. The van der Waals surface area contributed by atoms with Crippen LogP contribution >= 0.6 is 0 Å². The van der Waals surface area contributed by atoms with Crippen LogP contribution in [0.15, 0.2) is 24.3 Å². The lowest BCUT2D eigenvalue weighted by atomic mass is 9.92. The van der Waals surface area contributed by atoms with Crippen LogP contribution in [0.4, 0.5) is 0 Å². The third kappa shape index (κ3) is 4.02. The number of nitrogens with zero attached hydrogens (tertiary/aromatic N) is 1. The average molecular weight is 358 g/mol. The average Bonchev–Trinajstić information content (AvgIpc) is 3.44. The molecule has 1 aliphatic heterocycles. The second-order valence-electron chi connectivity index (χ2n) is 7.60. The Morgan fingerprint density at radius 2 is 2.00 bits per heavy atom. The summed E-state index contributed by atoms with van der Waals surface area (Å²) in [6.45, 7) is 4.89. The van der Waals surface area contributed by atoms with Gasteiger partial charge in [0.25, 0.3) is 0 Å².